The number of nitrogens with one attached hydrogen (secondary N) is 2. The van der Waals surface area contributed by atoms with E-state index in [9.17, 15) is 0 Å². The Balaban J connectivity index is 1.77. The predicted octanol–water partition coefficient (Wildman–Crippen LogP) is 1.29. The minimum Gasteiger partial charge on any atom is -0.497 e. The van der Waals surface area contributed by atoms with Gasteiger partial charge in [0.25, 0.3) is 0 Å². The monoisotopic (exact) mass is 303 g/mol. The molecule has 0 saturated carbocycles. The highest BCUT2D eigenvalue weighted by Gasteiger charge is 2.03. The quantitative estimate of drug-likeness (QED) is 0.618. The summed E-state index contributed by atoms with van der Waals surface area (Å²) in [7, 11) is 3.39. The van der Waals surface area contributed by atoms with Gasteiger partial charge in [-0.05, 0) is 24.6 Å². The molecule has 1 aromatic heterocycles. The van der Waals surface area contributed by atoms with E-state index in [1.54, 1.807) is 21.1 Å². The van der Waals surface area contributed by atoms with Gasteiger partial charge in [-0.25, -0.2) is 0 Å². The molecular weight excluding hydrogens is 282 g/mol. The van der Waals surface area contributed by atoms with E-state index >= 15 is 0 Å². The molecule has 22 heavy (non-hydrogen) atoms. The zero-order valence-corrected chi connectivity index (χ0v) is 13.1. The van der Waals surface area contributed by atoms with Crippen molar-refractivity contribution in [3.05, 3.63) is 41.5 Å². The van der Waals surface area contributed by atoms with E-state index in [4.69, 9.17) is 9.26 Å². The van der Waals surface area contributed by atoms with Gasteiger partial charge in [-0.1, -0.05) is 17.3 Å². The van der Waals surface area contributed by atoms with Gasteiger partial charge in [-0.2, -0.15) is 4.98 Å². The van der Waals surface area contributed by atoms with Gasteiger partial charge in [0.05, 0.1) is 7.11 Å². The van der Waals surface area contributed by atoms with Crippen LogP contribution in [0.4, 0.5) is 0 Å². The molecule has 0 unspecified atom stereocenters. The Morgan fingerprint density at radius 2 is 2.23 bits per heavy atom. The number of methoxy groups -OCH3 is 1. The molecule has 2 N–H and O–H groups in total. The van der Waals surface area contributed by atoms with Crippen LogP contribution in [0, 0.1) is 6.92 Å². The first-order valence-corrected chi connectivity index (χ1v) is 7.08. The molecule has 0 aliphatic carbocycles. The molecule has 0 saturated heterocycles. The SMILES string of the molecule is CN=C(NCCc1nc(C)no1)NCc1cccc(OC)c1. The molecule has 7 nitrogen and oxygen atoms in total. The molecule has 1 aromatic carbocycles. The third kappa shape index (κ3) is 4.76. The average molecular weight is 303 g/mol. The first-order valence-electron chi connectivity index (χ1n) is 7.08. The predicted molar refractivity (Wildman–Crippen MR) is 83.9 cm³/mol. The molecule has 0 aliphatic rings. The number of hydrogen-bond donors (Lipinski definition) is 2. The largest absolute Gasteiger partial charge is 0.497 e. The first-order chi connectivity index (χ1) is 10.7. The summed E-state index contributed by atoms with van der Waals surface area (Å²) in [5.74, 6) is 2.83. The lowest BCUT2D eigenvalue weighted by Gasteiger charge is -2.11. The number of hydrogen-bond acceptors (Lipinski definition) is 5. The average Bonchev–Trinajstić information content (AvgIpc) is 2.96. The second-order valence-electron chi connectivity index (χ2n) is 4.69. The van der Waals surface area contributed by atoms with Crippen LogP contribution in [0.3, 0.4) is 0 Å². The van der Waals surface area contributed by atoms with Gasteiger partial charge < -0.3 is 19.9 Å². The molecule has 0 radical (unpaired) electrons. The molecule has 0 bridgehead atoms. The zero-order valence-electron chi connectivity index (χ0n) is 13.1. The van der Waals surface area contributed by atoms with Gasteiger partial charge >= 0.3 is 0 Å². The molecule has 118 valence electrons. The van der Waals surface area contributed by atoms with Crippen LogP contribution in [-0.2, 0) is 13.0 Å². The normalized spacial score (nSPS) is 11.3. The summed E-state index contributed by atoms with van der Waals surface area (Å²) < 4.78 is 10.3. The van der Waals surface area contributed by atoms with E-state index in [2.05, 4.69) is 25.8 Å². The standard InChI is InChI=1S/C15H21N5O2/c1-11-19-14(22-20-11)7-8-17-15(16-2)18-10-12-5-4-6-13(9-12)21-3/h4-6,9H,7-8,10H2,1-3H3,(H2,16,17,18). The van der Waals surface area contributed by atoms with Gasteiger partial charge in [-0.3, -0.25) is 4.99 Å². The molecule has 1 heterocycles. The summed E-state index contributed by atoms with van der Waals surface area (Å²) in [6.07, 6.45) is 0.653. The Bertz CT molecular complexity index is 624. The Morgan fingerprint density at radius 3 is 2.91 bits per heavy atom. The summed E-state index contributed by atoms with van der Waals surface area (Å²) in [5.41, 5.74) is 1.12. The van der Waals surface area contributed by atoms with Crippen LogP contribution >= 0.6 is 0 Å². The van der Waals surface area contributed by atoms with Crippen molar-refractivity contribution >= 4 is 5.96 Å². The number of aryl methyl sites for hydroxylation is 1. The summed E-state index contributed by atoms with van der Waals surface area (Å²) in [4.78, 5) is 8.33. The van der Waals surface area contributed by atoms with Gasteiger partial charge in [0.1, 0.15) is 5.75 Å². The second-order valence-corrected chi connectivity index (χ2v) is 4.69. The molecular formula is C15H21N5O2. The fourth-order valence-electron chi connectivity index (χ4n) is 1.92. The molecule has 2 rings (SSSR count). The van der Waals surface area contributed by atoms with E-state index < -0.39 is 0 Å². The fourth-order valence-corrected chi connectivity index (χ4v) is 1.92. The maximum absolute atomic E-state index is 5.21. The van der Waals surface area contributed by atoms with Crippen molar-refractivity contribution in [2.75, 3.05) is 20.7 Å². The van der Waals surface area contributed by atoms with Crippen molar-refractivity contribution in [3.63, 3.8) is 0 Å². The van der Waals surface area contributed by atoms with Crippen molar-refractivity contribution in [2.45, 2.75) is 19.9 Å². The number of guanidine groups is 1. The fraction of sp³-hybridized carbons (Fsp3) is 0.400. The van der Waals surface area contributed by atoms with Crippen LogP contribution in [0.5, 0.6) is 5.75 Å². The lowest BCUT2D eigenvalue weighted by molar-refractivity contribution is 0.374. The van der Waals surface area contributed by atoms with Gasteiger partial charge in [0.15, 0.2) is 11.8 Å². The van der Waals surface area contributed by atoms with Gasteiger partial charge in [-0.15, -0.1) is 0 Å². The summed E-state index contributed by atoms with van der Waals surface area (Å²) in [5, 5.41) is 10.2. The van der Waals surface area contributed by atoms with Crippen molar-refractivity contribution in [1.82, 2.24) is 20.8 Å². The van der Waals surface area contributed by atoms with Crippen LogP contribution in [0.1, 0.15) is 17.3 Å². The smallest absolute Gasteiger partial charge is 0.228 e. The minimum absolute atomic E-state index is 0.619. The van der Waals surface area contributed by atoms with E-state index in [0.29, 0.717) is 31.2 Å². The Kier molecular flexibility index (Phi) is 5.76. The molecule has 0 spiro atoms. The number of benzene rings is 1. The third-order valence-corrected chi connectivity index (χ3v) is 3.02. The minimum atomic E-state index is 0.619. The van der Waals surface area contributed by atoms with Crippen molar-refractivity contribution in [1.29, 1.82) is 0 Å². The molecule has 2 aromatic rings. The Labute approximate surface area is 129 Å². The maximum atomic E-state index is 5.21. The van der Waals surface area contributed by atoms with Gasteiger partial charge in [0.2, 0.25) is 5.89 Å². The number of ether oxygens (including phenoxy) is 1. The molecule has 7 heteroatoms. The van der Waals surface area contributed by atoms with Crippen LogP contribution < -0.4 is 15.4 Å². The Hall–Kier alpha value is -2.57. The van der Waals surface area contributed by atoms with E-state index in [-0.39, 0.29) is 0 Å². The van der Waals surface area contributed by atoms with Crippen LogP contribution in [0.25, 0.3) is 0 Å². The topological polar surface area (TPSA) is 84.6 Å². The van der Waals surface area contributed by atoms with Crippen LogP contribution in [-0.4, -0.2) is 36.8 Å². The second kappa shape index (κ2) is 8.02. The highest BCUT2D eigenvalue weighted by Crippen LogP contribution is 2.11. The van der Waals surface area contributed by atoms with Crippen LogP contribution in [0.2, 0.25) is 0 Å². The number of aliphatic imine (C=N–C) groups is 1. The Morgan fingerprint density at radius 1 is 1.36 bits per heavy atom. The van der Waals surface area contributed by atoms with E-state index in [1.807, 2.05) is 24.3 Å². The first kappa shape index (κ1) is 15.8. The molecule has 0 atom stereocenters. The molecule has 0 aliphatic heterocycles. The van der Waals surface area contributed by atoms with Crippen molar-refractivity contribution in [3.8, 4) is 5.75 Å². The third-order valence-electron chi connectivity index (χ3n) is 3.02. The lowest BCUT2D eigenvalue weighted by Crippen LogP contribution is -2.37. The summed E-state index contributed by atoms with van der Waals surface area (Å²) in [6, 6.07) is 7.90. The molecule has 0 fully saturated rings. The summed E-state index contributed by atoms with van der Waals surface area (Å²) >= 11 is 0. The maximum Gasteiger partial charge on any atom is 0.228 e. The van der Waals surface area contributed by atoms with Crippen molar-refractivity contribution in [2.24, 2.45) is 4.99 Å². The zero-order chi connectivity index (χ0) is 15.8. The number of rotatable bonds is 6. The highest BCUT2D eigenvalue weighted by molar-refractivity contribution is 5.79. The summed E-state index contributed by atoms with van der Waals surface area (Å²) in [6.45, 7) is 3.13. The molecule has 0 amide bonds. The number of nitrogens with zero attached hydrogens (tertiary/aromatic N) is 3. The van der Waals surface area contributed by atoms with Crippen LogP contribution in [0.15, 0.2) is 33.8 Å². The lowest BCUT2D eigenvalue weighted by atomic mass is 10.2. The van der Waals surface area contributed by atoms with E-state index in [1.165, 1.54) is 0 Å². The van der Waals surface area contributed by atoms with E-state index in [0.717, 1.165) is 17.3 Å². The van der Waals surface area contributed by atoms with Crippen molar-refractivity contribution < 1.29 is 9.26 Å². The highest BCUT2D eigenvalue weighted by atomic mass is 16.5. The van der Waals surface area contributed by atoms with Gasteiger partial charge in [0, 0.05) is 26.6 Å². The number of aromatic nitrogens is 2.